The van der Waals surface area contributed by atoms with Crippen molar-refractivity contribution in [2.24, 2.45) is 0 Å². The fourth-order valence-corrected chi connectivity index (χ4v) is 5.29. The Bertz CT molecular complexity index is 1490. The van der Waals surface area contributed by atoms with Crippen LogP contribution in [0.5, 0.6) is 0 Å². The molecule has 39 heavy (non-hydrogen) atoms. The number of aromatic nitrogens is 2. The summed E-state index contributed by atoms with van der Waals surface area (Å²) >= 11 is 0. The minimum atomic E-state index is -0.329. The lowest BCUT2D eigenvalue weighted by Crippen LogP contribution is -2.50. The minimum Gasteiger partial charge on any atom is -0.335 e. The molecule has 1 saturated heterocycles. The van der Waals surface area contributed by atoms with Gasteiger partial charge in [-0.1, -0.05) is 91.0 Å². The predicted octanol–water partition coefficient (Wildman–Crippen LogP) is 6.23. The number of rotatable bonds is 6. The van der Waals surface area contributed by atoms with Crippen LogP contribution in [0.3, 0.4) is 0 Å². The van der Waals surface area contributed by atoms with E-state index in [-0.39, 0.29) is 17.8 Å². The quantitative estimate of drug-likeness (QED) is 0.269. The first kappa shape index (κ1) is 24.8. The fraction of sp³-hybridized carbons (Fsp3) is 0.152. The molecule has 5 nitrogen and oxygen atoms in total. The molecular weight excluding hydrogens is 487 g/mol. The Morgan fingerprint density at radius 2 is 1.23 bits per heavy atom. The summed E-state index contributed by atoms with van der Waals surface area (Å²) < 4.78 is 15.3. The second-order valence-corrected chi connectivity index (χ2v) is 9.72. The van der Waals surface area contributed by atoms with E-state index in [1.807, 2.05) is 53.4 Å². The van der Waals surface area contributed by atoms with E-state index in [1.165, 1.54) is 23.3 Å². The monoisotopic (exact) mass is 516 g/mol. The van der Waals surface area contributed by atoms with Crippen LogP contribution in [0.1, 0.15) is 27.7 Å². The normalized spacial score (nSPS) is 14.1. The van der Waals surface area contributed by atoms with E-state index in [9.17, 15) is 9.18 Å². The lowest BCUT2D eigenvalue weighted by atomic mass is 9.96. The van der Waals surface area contributed by atoms with E-state index in [1.54, 1.807) is 16.8 Å². The molecule has 0 radical (unpaired) electrons. The molecule has 5 aromatic rings. The minimum absolute atomic E-state index is 0.0790. The number of halogens is 1. The van der Waals surface area contributed by atoms with Gasteiger partial charge in [0.15, 0.2) is 0 Å². The predicted molar refractivity (Wildman–Crippen MR) is 151 cm³/mol. The number of piperazine rings is 1. The van der Waals surface area contributed by atoms with Crippen LogP contribution < -0.4 is 0 Å². The van der Waals surface area contributed by atoms with E-state index in [0.717, 1.165) is 18.7 Å². The topological polar surface area (TPSA) is 41.4 Å². The molecule has 0 bridgehead atoms. The van der Waals surface area contributed by atoms with Crippen molar-refractivity contribution in [1.29, 1.82) is 0 Å². The third kappa shape index (κ3) is 5.24. The molecule has 1 aliphatic rings. The van der Waals surface area contributed by atoms with E-state index >= 15 is 0 Å². The van der Waals surface area contributed by atoms with Crippen LogP contribution in [-0.2, 0) is 0 Å². The average Bonchev–Trinajstić information content (AvgIpc) is 3.45. The summed E-state index contributed by atoms with van der Waals surface area (Å²) in [6.45, 7) is 2.70. The third-order valence-electron chi connectivity index (χ3n) is 7.27. The second-order valence-electron chi connectivity index (χ2n) is 9.72. The van der Waals surface area contributed by atoms with E-state index in [0.29, 0.717) is 30.2 Å². The highest BCUT2D eigenvalue weighted by Gasteiger charge is 2.30. The summed E-state index contributed by atoms with van der Waals surface area (Å²) in [5.74, 6) is -0.408. The summed E-state index contributed by atoms with van der Waals surface area (Å²) in [5.41, 5.74) is 5.22. The van der Waals surface area contributed by atoms with Crippen molar-refractivity contribution in [3.05, 3.63) is 144 Å². The third-order valence-corrected chi connectivity index (χ3v) is 7.27. The summed E-state index contributed by atoms with van der Waals surface area (Å²) in [6.07, 6.45) is 0. The van der Waals surface area contributed by atoms with Crippen LogP contribution in [0.25, 0.3) is 16.9 Å². The Morgan fingerprint density at radius 3 is 1.79 bits per heavy atom. The highest BCUT2D eigenvalue weighted by molar-refractivity contribution is 5.94. The molecular formula is C33H29FN4O. The van der Waals surface area contributed by atoms with Crippen molar-refractivity contribution in [2.75, 3.05) is 26.2 Å². The zero-order chi connectivity index (χ0) is 26.6. The molecule has 0 unspecified atom stereocenters. The molecule has 0 atom stereocenters. The number of carbonyl (C=O) groups excluding carboxylic acids is 1. The van der Waals surface area contributed by atoms with Gasteiger partial charge in [0.1, 0.15) is 11.5 Å². The standard InChI is InChI=1S/C33H29FN4O/c34-28-16-18-29(19-17-28)38-31(24-30(35-38)25-10-4-1-5-11-25)33(39)37-22-20-36(21-23-37)32(26-12-6-2-7-13-26)27-14-8-3-9-15-27/h1-19,24,32H,20-23H2. The summed E-state index contributed by atoms with van der Waals surface area (Å²) in [4.78, 5) is 18.2. The molecule has 0 spiro atoms. The van der Waals surface area contributed by atoms with Gasteiger partial charge < -0.3 is 4.90 Å². The van der Waals surface area contributed by atoms with Gasteiger partial charge >= 0.3 is 0 Å². The van der Waals surface area contributed by atoms with Gasteiger partial charge in [-0.05, 0) is 41.5 Å². The molecule has 194 valence electrons. The van der Waals surface area contributed by atoms with Gasteiger partial charge in [-0.2, -0.15) is 5.10 Å². The molecule has 4 aromatic carbocycles. The van der Waals surface area contributed by atoms with Crippen LogP contribution >= 0.6 is 0 Å². The smallest absolute Gasteiger partial charge is 0.272 e. The van der Waals surface area contributed by atoms with Crippen molar-refractivity contribution < 1.29 is 9.18 Å². The Hall–Kier alpha value is -4.55. The Labute approximate surface area is 227 Å². The first-order valence-electron chi connectivity index (χ1n) is 13.2. The molecule has 1 aliphatic heterocycles. The van der Waals surface area contributed by atoms with Gasteiger partial charge in [0, 0.05) is 31.7 Å². The van der Waals surface area contributed by atoms with Gasteiger partial charge in [0.05, 0.1) is 17.4 Å². The molecule has 0 saturated carbocycles. The molecule has 1 fully saturated rings. The van der Waals surface area contributed by atoms with Gasteiger partial charge in [0.25, 0.3) is 5.91 Å². The van der Waals surface area contributed by atoms with Gasteiger partial charge in [-0.25, -0.2) is 9.07 Å². The van der Waals surface area contributed by atoms with Gasteiger partial charge in [0.2, 0.25) is 0 Å². The van der Waals surface area contributed by atoms with E-state index < -0.39 is 0 Å². The first-order chi connectivity index (χ1) is 19.2. The summed E-state index contributed by atoms with van der Waals surface area (Å²) in [6, 6.07) is 38.9. The van der Waals surface area contributed by atoms with Crippen molar-refractivity contribution in [3.63, 3.8) is 0 Å². The van der Waals surface area contributed by atoms with Gasteiger partial charge in [-0.3, -0.25) is 9.69 Å². The Morgan fingerprint density at radius 1 is 0.692 bits per heavy atom. The van der Waals surface area contributed by atoms with Crippen LogP contribution in [0, 0.1) is 5.82 Å². The van der Waals surface area contributed by atoms with Crippen molar-refractivity contribution in [3.8, 4) is 16.9 Å². The van der Waals surface area contributed by atoms with Crippen LogP contribution in [0.15, 0.2) is 121 Å². The maximum Gasteiger partial charge on any atom is 0.272 e. The van der Waals surface area contributed by atoms with Crippen molar-refractivity contribution in [2.45, 2.75) is 6.04 Å². The maximum absolute atomic E-state index is 13.9. The van der Waals surface area contributed by atoms with Crippen LogP contribution in [0.2, 0.25) is 0 Å². The molecule has 6 heteroatoms. The molecule has 1 amide bonds. The fourth-order valence-electron chi connectivity index (χ4n) is 5.29. The second kappa shape index (κ2) is 11.1. The van der Waals surface area contributed by atoms with E-state index in [4.69, 9.17) is 5.10 Å². The van der Waals surface area contributed by atoms with E-state index in [2.05, 4.69) is 53.4 Å². The number of benzene rings is 4. The lowest BCUT2D eigenvalue weighted by molar-refractivity contribution is 0.0589. The first-order valence-corrected chi connectivity index (χ1v) is 13.2. The SMILES string of the molecule is O=C(c1cc(-c2ccccc2)nn1-c1ccc(F)cc1)N1CCN(C(c2ccccc2)c2ccccc2)CC1. The zero-order valence-electron chi connectivity index (χ0n) is 21.5. The number of amides is 1. The average molecular weight is 517 g/mol. The molecule has 0 N–H and O–H groups in total. The number of carbonyl (C=O) groups is 1. The number of nitrogens with zero attached hydrogens (tertiary/aromatic N) is 4. The Kier molecular flexibility index (Phi) is 7.02. The molecule has 1 aromatic heterocycles. The largest absolute Gasteiger partial charge is 0.335 e. The van der Waals surface area contributed by atoms with Crippen molar-refractivity contribution >= 4 is 5.91 Å². The zero-order valence-corrected chi connectivity index (χ0v) is 21.5. The molecule has 2 heterocycles. The summed E-state index contributed by atoms with van der Waals surface area (Å²) in [7, 11) is 0. The highest BCUT2D eigenvalue weighted by atomic mass is 19.1. The van der Waals surface area contributed by atoms with Crippen molar-refractivity contribution in [1.82, 2.24) is 19.6 Å². The highest BCUT2D eigenvalue weighted by Crippen LogP contribution is 2.30. The number of hydrogen-bond acceptors (Lipinski definition) is 3. The number of hydrogen-bond donors (Lipinski definition) is 0. The van der Waals surface area contributed by atoms with Crippen LogP contribution in [0.4, 0.5) is 4.39 Å². The summed E-state index contributed by atoms with van der Waals surface area (Å²) in [5, 5.41) is 4.76. The lowest BCUT2D eigenvalue weighted by Gasteiger charge is -2.39. The maximum atomic E-state index is 13.9. The van der Waals surface area contributed by atoms with Gasteiger partial charge in [-0.15, -0.1) is 0 Å². The molecule has 0 aliphatic carbocycles. The van der Waals surface area contributed by atoms with Crippen LogP contribution in [-0.4, -0.2) is 51.7 Å². The molecule has 6 rings (SSSR count). The Balaban J connectivity index is 1.27.